The van der Waals surface area contributed by atoms with Gasteiger partial charge in [0, 0.05) is 55.1 Å². The zero-order chi connectivity index (χ0) is 22.8. The molecule has 2 aliphatic heterocycles. The number of benzene rings is 2. The summed E-state index contributed by atoms with van der Waals surface area (Å²) < 4.78 is 3.13. The van der Waals surface area contributed by atoms with E-state index < -0.39 is 0 Å². The van der Waals surface area contributed by atoms with Gasteiger partial charge in [-0.05, 0) is 43.2 Å². The molecule has 0 aliphatic carbocycles. The second-order valence-corrected chi connectivity index (χ2v) is 9.96. The normalized spacial score (nSPS) is 19.3. The molecule has 1 unspecified atom stereocenters. The monoisotopic (exact) mass is 508 g/mol. The average molecular weight is 509 g/mol. The molecule has 7 heteroatoms. The fourth-order valence-electron chi connectivity index (χ4n) is 5.10. The number of carbonyl (C=O) groups excluding carboxylic acids is 2. The summed E-state index contributed by atoms with van der Waals surface area (Å²) in [6, 6.07) is 15.9. The van der Waals surface area contributed by atoms with Crippen LogP contribution in [0.4, 0.5) is 5.69 Å². The van der Waals surface area contributed by atoms with Gasteiger partial charge in [-0.25, -0.2) is 4.98 Å². The molecular weight excluding hydrogens is 480 g/mol. The standard InChI is InChI=1S/C26H29BrN4O2/c27-20-8-7-9-21(17-20)31-18-19(16-25(31)33)26-28-22-10-3-4-11-23(22)30(26)15-12-24(32)29-13-5-1-2-6-14-29/h3-4,7-11,17,19H,1-2,5-6,12-16,18H2. The predicted molar refractivity (Wildman–Crippen MR) is 133 cm³/mol. The minimum absolute atomic E-state index is 0.00262. The van der Waals surface area contributed by atoms with Gasteiger partial charge in [0.1, 0.15) is 5.82 Å². The Morgan fingerprint density at radius 1 is 1.03 bits per heavy atom. The minimum Gasteiger partial charge on any atom is -0.343 e. The number of carbonyl (C=O) groups is 2. The number of likely N-dealkylation sites (tertiary alicyclic amines) is 1. The van der Waals surface area contributed by atoms with E-state index in [2.05, 4.69) is 26.6 Å². The van der Waals surface area contributed by atoms with Gasteiger partial charge in [0.25, 0.3) is 0 Å². The van der Waals surface area contributed by atoms with Crippen LogP contribution in [0, 0.1) is 0 Å². The third-order valence-corrected chi connectivity index (χ3v) is 7.30. The van der Waals surface area contributed by atoms with E-state index in [1.165, 1.54) is 12.8 Å². The highest BCUT2D eigenvalue weighted by atomic mass is 79.9. The molecule has 172 valence electrons. The van der Waals surface area contributed by atoms with Crippen molar-refractivity contribution in [2.45, 2.75) is 51.0 Å². The molecule has 2 amide bonds. The molecule has 5 rings (SSSR count). The van der Waals surface area contributed by atoms with Gasteiger partial charge in [-0.15, -0.1) is 0 Å². The molecule has 3 aromatic rings. The number of aromatic nitrogens is 2. The largest absolute Gasteiger partial charge is 0.343 e. The molecule has 1 atom stereocenters. The maximum Gasteiger partial charge on any atom is 0.227 e. The number of para-hydroxylation sites is 2. The second kappa shape index (κ2) is 9.67. The van der Waals surface area contributed by atoms with Crippen LogP contribution in [-0.4, -0.2) is 45.9 Å². The number of hydrogen-bond donors (Lipinski definition) is 0. The summed E-state index contributed by atoms with van der Waals surface area (Å²) in [7, 11) is 0. The Kier molecular flexibility index (Phi) is 6.49. The van der Waals surface area contributed by atoms with Crippen molar-refractivity contribution in [2.75, 3.05) is 24.5 Å². The molecule has 0 bridgehead atoms. The Morgan fingerprint density at radius 3 is 2.61 bits per heavy atom. The Labute approximate surface area is 202 Å². The van der Waals surface area contributed by atoms with E-state index in [9.17, 15) is 9.59 Å². The lowest BCUT2D eigenvalue weighted by molar-refractivity contribution is -0.131. The summed E-state index contributed by atoms with van der Waals surface area (Å²) in [5, 5.41) is 0. The van der Waals surface area contributed by atoms with E-state index in [4.69, 9.17) is 4.98 Å². The van der Waals surface area contributed by atoms with Gasteiger partial charge < -0.3 is 14.4 Å². The highest BCUT2D eigenvalue weighted by Crippen LogP contribution is 2.34. The number of nitrogens with zero attached hydrogens (tertiary/aromatic N) is 4. The quantitative estimate of drug-likeness (QED) is 0.480. The molecule has 1 aromatic heterocycles. The molecule has 2 saturated heterocycles. The first-order valence-corrected chi connectivity index (χ1v) is 12.7. The Balaban J connectivity index is 1.39. The van der Waals surface area contributed by atoms with E-state index >= 15 is 0 Å². The van der Waals surface area contributed by atoms with Crippen molar-refractivity contribution in [2.24, 2.45) is 0 Å². The number of fused-ring (bicyclic) bond motifs is 1. The summed E-state index contributed by atoms with van der Waals surface area (Å²) in [6.45, 7) is 2.93. The van der Waals surface area contributed by atoms with E-state index in [1.54, 1.807) is 0 Å². The molecule has 0 radical (unpaired) electrons. The van der Waals surface area contributed by atoms with Crippen molar-refractivity contribution < 1.29 is 9.59 Å². The number of anilines is 1. The highest BCUT2D eigenvalue weighted by Gasteiger charge is 2.35. The molecule has 6 nitrogen and oxygen atoms in total. The van der Waals surface area contributed by atoms with Gasteiger partial charge in [-0.3, -0.25) is 9.59 Å². The maximum absolute atomic E-state index is 13.0. The van der Waals surface area contributed by atoms with Crippen LogP contribution < -0.4 is 4.90 Å². The number of amides is 2. The van der Waals surface area contributed by atoms with Crippen LogP contribution in [-0.2, 0) is 16.1 Å². The van der Waals surface area contributed by atoms with Crippen LogP contribution in [0.3, 0.4) is 0 Å². The fraction of sp³-hybridized carbons (Fsp3) is 0.423. The smallest absolute Gasteiger partial charge is 0.227 e. The van der Waals surface area contributed by atoms with Gasteiger partial charge in [0.2, 0.25) is 11.8 Å². The number of rotatable bonds is 5. The maximum atomic E-state index is 13.0. The SMILES string of the molecule is O=C(CCn1c(C2CC(=O)N(c3cccc(Br)c3)C2)nc2ccccc21)N1CCCCCC1. The van der Waals surface area contributed by atoms with Crippen molar-refractivity contribution >= 4 is 44.5 Å². The summed E-state index contributed by atoms with van der Waals surface area (Å²) in [5.41, 5.74) is 2.85. The van der Waals surface area contributed by atoms with Crippen LogP contribution in [0.1, 0.15) is 50.3 Å². The van der Waals surface area contributed by atoms with Crippen molar-refractivity contribution in [3.63, 3.8) is 0 Å². The lowest BCUT2D eigenvalue weighted by Crippen LogP contribution is -2.32. The topological polar surface area (TPSA) is 58.4 Å². The Hall–Kier alpha value is -2.67. The van der Waals surface area contributed by atoms with Gasteiger partial charge in [-0.2, -0.15) is 0 Å². The molecule has 0 N–H and O–H groups in total. The second-order valence-electron chi connectivity index (χ2n) is 9.04. The highest BCUT2D eigenvalue weighted by molar-refractivity contribution is 9.10. The first-order valence-electron chi connectivity index (χ1n) is 11.9. The lowest BCUT2D eigenvalue weighted by Gasteiger charge is -2.21. The number of hydrogen-bond acceptors (Lipinski definition) is 3. The van der Waals surface area contributed by atoms with E-state index in [-0.39, 0.29) is 17.7 Å². The van der Waals surface area contributed by atoms with Gasteiger partial charge in [0.05, 0.1) is 11.0 Å². The molecule has 0 spiro atoms. The zero-order valence-electron chi connectivity index (χ0n) is 18.8. The molecule has 2 aromatic carbocycles. The summed E-state index contributed by atoms with van der Waals surface area (Å²) >= 11 is 3.51. The van der Waals surface area contributed by atoms with Crippen molar-refractivity contribution in [1.29, 1.82) is 0 Å². The third kappa shape index (κ3) is 4.69. The summed E-state index contributed by atoms with van der Waals surface area (Å²) in [5.74, 6) is 1.24. The fourth-order valence-corrected chi connectivity index (χ4v) is 5.49. The van der Waals surface area contributed by atoms with Crippen LogP contribution in [0.25, 0.3) is 11.0 Å². The molecule has 2 aliphatic rings. The first kappa shape index (κ1) is 22.1. The van der Waals surface area contributed by atoms with Crippen molar-refractivity contribution in [1.82, 2.24) is 14.5 Å². The van der Waals surface area contributed by atoms with Crippen LogP contribution >= 0.6 is 15.9 Å². The Morgan fingerprint density at radius 2 is 1.82 bits per heavy atom. The van der Waals surface area contributed by atoms with Gasteiger partial charge in [0.15, 0.2) is 0 Å². The van der Waals surface area contributed by atoms with E-state index in [0.717, 1.165) is 52.9 Å². The predicted octanol–water partition coefficient (Wildman–Crippen LogP) is 5.11. The molecule has 3 heterocycles. The van der Waals surface area contributed by atoms with Crippen molar-refractivity contribution in [3.05, 3.63) is 58.8 Å². The minimum atomic E-state index is -0.00262. The van der Waals surface area contributed by atoms with E-state index in [0.29, 0.717) is 25.9 Å². The Bertz CT molecular complexity index is 1170. The first-order chi connectivity index (χ1) is 16.1. The summed E-state index contributed by atoms with van der Waals surface area (Å²) in [4.78, 5) is 34.7. The molecular formula is C26H29BrN4O2. The van der Waals surface area contributed by atoms with Gasteiger partial charge >= 0.3 is 0 Å². The van der Waals surface area contributed by atoms with Gasteiger partial charge in [-0.1, -0.05) is 47.0 Å². The van der Waals surface area contributed by atoms with Crippen molar-refractivity contribution in [3.8, 4) is 0 Å². The van der Waals surface area contributed by atoms with Crippen LogP contribution in [0.15, 0.2) is 53.0 Å². The number of halogens is 1. The van der Waals surface area contributed by atoms with E-state index in [1.807, 2.05) is 52.3 Å². The zero-order valence-corrected chi connectivity index (χ0v) is 20.3. The lowest BCUT2D eigenvalue weighted by atomic mass is 10.1. The summed E-state index contributed by atoms with van der Waals surface area (Å²) in [6.07, 6.45) is 5.51. The number of imidazole rings is 1. The molecule has 2 fully saturated rings. The molecule has 0 saturated carbocycles. The molecule has 33 heavy (non-hydrogen) atoms. The third-order valence-electron chi connectivity index (χ3n) is 6.80. The number of aryl methyl sites for hydroxylation is 1. The average Bonchev–Trinajstić information content (AvgIpc) is 3.25. The van der Waals surface area contributed by atoms with Crippen LogP contribution in [0.5, 0.6) is 0 Å². The van der Waals surface area contributed by atoms with Crippen LogP contribution in [0.2, 0.25) is 0 Å².